The van der Waals surface area contributed by atoms with Gasteiger partial charge in [-0.15, -0.1) is 0 Å². The average Bonchev–Trinajstić information content (AvgIpc) is 2.83. The molecule has 0 saturated carbocycles. The van der Waals surface area contributed by atoms with E-state index in [1.807, 2.05) is 70.4 Å². The predicted octanol–water partition coefficient (Wildman–Crippen LogP) is 3.85. The van der Waals surface area contributed by atoms with E-state index in [9.17, 15) is 14.4 Å². The van der Waals surface area contributed by atoms with Crippen LogP contribution in [0.3, 0.4) is 0 Å². The van der Waals surface area contributed by atoms with E-state index in [1.54, 1.807) is 12.3 Å². The minimum atomic E-state index is -0.971. The molecule has 1 unspecified atom stereocenters. The second-order valence-electron chi connectivity index (χ2n) is 9.87. The molecule has 0 aromatic carbocycles. The number of hydrogen-bond donors (Lipinski definition) is 2. The molecule has 2 N–H and O–H groups in total. The quantitative estimate of drug-likeness (QED) is 0.416. The highest BCUT2D eigenvalue weighted by Gasteiger charge is 2.24. The van der Waals surface area contributed by atoms with Gasteiger partial charge < -0.3 is 15.3 Å². The first-order valence-electron chi connectivity index (χ1n) is 12.7. The van der Waals surface area contributed by atoms with Gasteiger partial charge >= 0.3 is 5.97 Å². The van der Waals surface area contributed by atoms with Crippen LogP contribution in [0.25, 0.3) is 11.1 Å². The Morgan fingerprint density at radius 3 is 2.39 bits per heavy atom. The topological polar surface area (TPSA) is 117 Å². The standard InChI is InChI=1S/C17H27N3O4.C12H12N2/c1-12(2)10-14(17(24)18-9-8-16(22)23)20-13(11-19(3)4)6-5-7-15(20)21;1-9-5-7-14-10(2)12(9)11-4-3-6-13-8-11/h5-7,12,14H,8-11H2,1-4H3,(H,18,24)(H,22,23);3-8H,1-2H3. The Balaban J connectivity index is 0.000000304. The van der Waals surface area contributed by atoms with Crippen molar-refractivity contribution in [2.75, 3.05) is 20.6 Å². The molecule has 1 amide bonds. The molecule has 0 aliphatic rings. The molecule has 0 fully saturated rings. The second-order valence-corrected chi connectivity index (χ2v) is 9.87. The summed E-state index contributed by atoms with van der Waals surface area (Å²) in [6, 6.07) is 10.3. The SMILES string of the molecule is CC(C)CC(C(=O)NCCC(=O)O)n1c(CN(C)C)cccc1=O.Cc1ccnc(C)c1-c1cccnc1. The van der Waals surface area contributed by atoms with Crippen molar-refractivity contribution >= 4 is 11.9 Å². The molecule has 0 spiro atoms. The zero-order valence-corrected chi connectivity index (χ0v) is 23.1. The number of aromatic nitrogens is 3. The number of aryl methyl sites for hydroxylation is 2. The minimum Gasteiger partial charge on any atom is -0.481 e. The normalized spacial score (nSPS) is 11.6. The molecule has 3 rings (SSSR count). The van der Waals surface area contributed by atoms with Gasteiger partial charge in [-0.25, -0.2) is 0 Å². The van der Waals surface area contributed by atoms with Crippen LogP contribution >= 0.6 is 0 Å². The predicted molar refractivity (Wildman–Crippen MR) is 149 cm³/mol. The third-order valence-electron chi connectivity index (χ3n) is 5.80. The first-order chi connectivity index (χ1) is 18.0. The van der Waals surface area contributed by atoms with Gasteiger partial charge in [-0.05, 0) is 64.0 Å². The molecule has 0 bridgehead atoms. The summed E-state index contributed by atoms with van der Waals surface area (Å²) in [6.07, 6.45) is 5.85. The van der Waals surface area contributed by atoms with Crippen LogP contribution in [0.1, 0.15) is 49.7 Å². The van der Waals surface area contributed by atoms with Gasteiger partial charge in [-0.3, -0.25) is 28.9 Å². The van der Waals surface area contributed by atoms with E-state index in [0.717, 1.165) is 17.0 Å². The molecular formula is C29H39N5O4. The first kappa shape index (κ1) is 30.4. The smallest absolute Gasteiger partial charge is 0.305 e. The number of carboxylic acid groups (broad SMARTS) is 1. The summed E-state index contributed by atoms with van der Waals surface area (Å²) >= 11 is 0. The number of carbonyl (C=O) groups excluding carboxylic acids is 1. The molecule has 38 heavy (non-hydrogen) atoms. The molecule has 3 heterocycles. The summed E-state index contributed by atoms with van der Waals surface area (Å²) in [4.78, 5) is 45.9. The van der Waals surface area contributed by atoms with E-state index in [1.165, 1.54) is 21.8 Å². The first-order valence-corrected chi connectivity index (χ1v) is 12.7. The van der Waals surface area contributed by atoms with Crippen LogP contribution in [-0.2, 0) is 16.1 Å². The van der Waals surface area contributed by atoms with Gasteiger partial charge in [0.15, 0.2) is 0 Å². The van der Waals surface area contributed by atoms with Crippen molar-refractivity contribution in [3.05, 3.63) is 82.3 Å². The lowest BCUT2D eigenvalue weighted by molar-refractivity contribution is -0.137. The molecule has 9 heteroatoms. The van der Waals surface area contributed by atoms with Crippen molar-refractivity contribution in [1.82, 2.24) is 24.8 Å². The van der Waals surface area contributed by atoms with E-state index in [2.05, 4.69) is 28.3 Å². The summed E-state index contributed by atoms with van der Waals surface area (Å²) < 4.78 is 1.52. The largest absolute Gasteiger partial charge is 0.481 e. The Bertz CT molecular complexity index is 1240. The van der Waals surface area contributed by atoms with Crippen LogP contribution < -0.4 is 10.9 Å². The molecule has 1 atom stereocenters. The van der Waals surface area contributed by atoms with Gasteiger partial charge in [0.05, 0.1) is 6.42 Å². The Morgan fingerprint density at radius 2 is 1.82 bits per heavy atom. The lowest BCUT2D eigenvalue weighted by atomic mass is 10.0. The van der Waals surface area contributed by atoms with Gasteiger partial charge in [0.1, 0.15) is 6.04 Å². The lowest BCUT2D eigenvalue weighted by Crippen LogP contribution is -2.40. The highest BCUT2D eigenvalue weighted by atomic mass is 16.4. The molecular weight excluding hydrogens is 482 g/mol. The van der Waals surface area contributed by atoms with Gasteiger partial charge in [0.25, 0.3) is 5.56 Å². The Labute approximate surface area is 224 Å². The minimum absolute atomic E-state index is 0.0490. The number of amides is 1. The van der Waals surface area contributed by atoms with Crippen LogP contribution in [-0.4, -0.2) is 57.1 Å². The zero-order chi connectivity index (χ0) is 28.2. The Morgan fingerprint density at radius 1 is 1.08 bits per heavy atom. The molecule has 9 nitrogen and oxygen atoms in total. The maximum atomic E-state index is 12.6. The summed E-state index contributed by atoms with van der Waals surface area (Å²) in [7, 11) is 3.79. The van der Waals surface area contributed by atoms with Crippen molar-refractivity contribution in [3.63, 3.8) is 0 Å². The highest BCUT2D eigenvalue weighted by Crippen LogP contribution is 2.24. The molecule has 0 aliphatic heterocycles. The highest BCUT2D eigenvalue weighted by molar-refractivity contribution is 5.81. The number of pyridine rings is 3. The fourth-order valence-electron chi connectivity index (χ4n) is 4.18. The lowest BCUT2D eigenvalue weighted by Gasteiger charge is -2.25. The van der Waals surface area contributed by atoms with E-state index in [-0.39, 0.29) is 30.3 Å². The van der Waals surface area contributed by atoms with Crippen LogP contribution in [0.2, 0.25) is 0 Å². The van der Waals surface area contributed by atoms with E-state index in [4.69, 9.17) is 5.11 Å². The van der Waals surface area contributed by atoms with Gasteiger partial charge in [-0.2, -0.15) is 0 Å². The summed E-state index contributed by atoms with van der Waals surface area (Å²) in [5.41, 5.74) is 5.15. The van der Waals surface area contributed by atoms with E-state index < -0.39 is 12.0 Å². The summed E-state index contributed by atoms with van der Waals surface area (Å²) in [5.74, 6) is -1.08. The number of rotatable bonds is 10. The third kappa shape index (κ3) is 9.23. The van der Waals surface area contributed by atoms with Gasteiger partial charge in [-0.1, -0.05) is 26.0 Å². The average molecular weight is 522 g/mol. The summed E-state index contributed by atoms with van der Waals surface area (Å²) in [5, 5.41) is 11.3. The number of nitrogens with zero attached hydrogens (tertiary/aromatic N) is 4. The van der Waals surface area contributed by atoms with Crippen LogP contribution in [0, 0.1) is 19.8 Å². The number of carboxylic acids is 1. The molecule has 0 radical (unpaired) electrons. The molecule has 0 aliphatic carbocycles. The number of nitrogens with one attached hydrogen (secondary N) is 1. The second kappa shape index (κ2) is 14.8. The summed E-state index contributed by atoms with van der Waals surface area (Å²) in [6.45, 7) is 8.67. The molecule has 3 aromatic rings. The van der Waals surface area contributed by atoms with Gasteiger partial charge in [0, 0.05) is 60.3 Å². The zero-order valence-electron chi connectivity index (χ0n) is 23.1. The van der Waals surface area contributed by atoms with E-state index >= 15 is 0 Å². The van der Waals surface area contributed by atoms with E-state index in [0.29, 0.717) is 13.0 Å². The Hall–Kier alpha value is -3.85. The van der Waals surface area contributed by atoms with Crippen molar-refractivity contribution in [2.45, 2.75) is 53.1 Å². The maximum absolute atomic E-state index is 12.6. The Kier molecular flexibility index (Phi) is 11.8. The van der Waals surface area contributed by atoms with Gasteiger partial charge in [0.2, 0.25) is 5.91 Å². The molecule has 204 valence electrons. The number of aliphatic carboxylic acids is 1. The monoisotopic (exact) mass is 521 g/mol. The molecule has 0 saturated heterocycles. The van der Waals surface area contributed by atoms with Crippen LogP contribution in [0.15, 0.2) is 59.8 Å². The maximum Gasteiger partial charge on any atom is 0.305 e. The van der Waals surface area contributed by atoms with Crippen molar-refractivity contribution in [2.24, 2.45) is 5.92 Å². The number of carbonyl (C=O) groups is 2. The van der Waals surface area contributed by atoms with Crippen LogP contribution in [0.5, 0.6) is 0 Å². The fraction of sp³-hybridized carbons (Fsp3) is 0.414. The number of hydrogen-bond acceptors (Lipinski definition) is 6. The third-order valence-corrected chi connectivity index (χ3v) is 5.80. The van der Waals surface area contributed by atoms with Crippen molar-refractivity contribution in [3.8, 4) is 11.1 Å². The van der Waals surface area contributed by atoms with Crippen LogP contribution in [0.4, 0.5) is 0 Å². The van der Waals surface area contributed by atoms with Crippen molar-refractivity contribution < 1.29 is 14.7 Å². The van der Waals surface area contributed by atoms with Crippen molar-refractivity contribution in [1.29, 1.82) is 0 Å². The fourth-order valence-corrected chi connectivity index (χ4v) is 4.18. The molecule has 3 aromatic heterocycles.